The smallest absolute Gasteiger partial charge is 0.318 e. The summed E-state index contributed by atoms with van der Waals surface area (Å²) in [6.07, 6.45) is 2.60. The highest BCUT2D eigenvalue weighted by Crippen LogP contribution is 2.22. The van der Waals surface area contributed by atoms with E-state index in [4.69, 9.17) is 11.5 Å². The number of rotatable bonds is 4. The van der Waals surface area contributed by atoms with Gasteiger partial charge in [0.15, 0.2) is 0 Å². The molecule has 1 rings (SSSR count). The number of carbonyl (C=O) groups excluding carboxylic acids is 2. The zero-order valence-corrected chi connectivity index (χ0v) is 10.3. The van der Waals surface area contributed by atoms with Crippen LogP contribution < -0.4 is 16.8 Å². The molecule has 0 radical (unpaired) electrons. The van der Waals surface area contributed by atoms with Crippen molar-refractivity contribution in [3.05, 3.63) is 0 Å². The second-order valence-corrected chi connectivity index (χ2v) is 4.62. The van der Waals surface area contributed by atoms with Crippen LogP contribution in [0.1, 0.15) is 26.2 Å². The van der Waals surface area contributed by atoms with E-state index >= 15 is 0 Å². The topological polar surface area (TPSA) is 101 Å². The number of amides is 3. The van der Waals surface area contributed by atoms with Crippen molar-refractivity contribution in [3.8, 4) is 0 Å². The lowest BCUT2D eigenvalue weighted by Gasteiger charge is -2.39. The van der Waals surface area contributed by atoms with Crippen molar-refractivity contribution < 1.29 is 9.59 Å². The van der Waals surface area contributed by atoms with Crippen molar-refractivity contribution in [2.45, 2.75) is 32.2 Å². The van der Waals surface area contributed by atoms with E-state index in [0.29, 0.717) is 25.0 Å². The number of piperidine rings is 1. The average Bonchev–Trinajstić information content (AvgIpc) is 2.25. The summed E-state index contributed by atoms with van der Waals surface area (Å²) in [5.74, 6) is 0.236. The van der Waals surface area contributed by atoms with Gasteiger partial charge in [0.05, 0.1) is 0 Å². The van der Waals surface area contributed by atoms with Crippen molar-refractivity contribution in [2.75, 3.05) is 19.6 Å². The summed E-state index contributed by atoms with van der Waals surface area (Å²) in [5.41, 5.74) is 10.6. The van der Waals surface area contributed by atoms with E-state index in [2.05, 4.69) is 17.1 Å². The molecule has 3 amide bonds. The lowest BCUT2D eigenvalue weighted by Crippen LogP contribution is -2.49. The van der Waals surface area contributed by atoms with Gasteiger partial charge in [-0.15, -0.1) is 0 Å². The summed E-state index contributed by atoms with van der Waals surface area (Å²) >= 11 is 0. The summed E-state index contributed by atoms with van der Waals surface area (Å²) in [5, 5.41) is 2.07. The highest BCUT2D eigenvalue weighted by molar-refractivity contribution is 5.93. The number of likely N-dealkylation sites (tertiary alicyclic amines) is 1. The standard InChI is InChI=1S/C11H22N4O2/c1-8-3-2-5-15(9(8)7-12)6-4-10(16)14-11(13)17/h8-9H,2-7,12H2,1H3,(H3,13,14,16,17). The molecule has 0 aromatic rings. The van der Waals surface area contributed by atoms with Crippen LogP contribution in [0.25, 0.3) is 0 Å². The van der Waals surface area contributed by atoms with Crippen molar-refractivity contribution in [1.82, 2.24) is 10.2 Å². The molecule has 1 fully saturated rings. The van der Waals surface area contributed by atoms with Gasteiger partial charge in [-0.25, -0.2) is 4.79 Å². The summed E-state index contributed by atoms with van der Waals surface area (Å²) in [4.78, 5) is 24.0. The normalized spacial score (nSPS) is 25.5. The second kappa shape index (κ2) is 6.56. The van der Waals surface area contributed by atoms with E-state index in [-0.39, 0.29) is 12.3 Å². The fourth-order valence-electron chi connectivity index (χ4n) is 2.44. The minimum Gasteiger partial charge on any atom is -0.351 e. The predicted molar refractivity (Wildman–Crippen MR) is 65.2 cm³/mol. The fourth-order valence-corrected chi connectivity index (χ4v) is 2.44. The van der Waals surface area contributed by atoms with E-state index in [1.165, 1.54) is 6.42 Å². The van der Waals surface area contributed by atoms with Crippen LogP contribution in [0.3, 0.4) is 0 Å². The molecule has 1 aliphatic heterocycles. The Bertz CT molecular complexity index is 283. The Morgan fingerprint density at radius 2 is 2.18 bits per heavy atom. The third kappa shape index (κ3) is 4.32. The quantitative estimate of drug-likeness (QED) is 0.626. The first-order valence-corrected chi connectivity index (χ1v) is 6.08. The molecule has 6 heteroatoms. The van der Waals surface area contributed by atoms with Crippen LogP contribution in [0.4, 0.5) is 4.79 Å². The number of hydrogen-bond acceptors (Lipinski definition) is 4. The number of primary amides is 1. The maximum atomic E-state index is 11.3. The molecule has 0 aromatic heterocycles. The Balaban J connectivity index is 2.38. The molecular formula is C11H22N4O2. The fraction of sp³-hybridized carbons (Fsp3) is 0.818. The van der Waals surface area contributed by atoms with Gasteiger partial charge in [0.25, 0.3) is 0 Å². The summed E-state index contributed by atoms with van der Waals surface area (Å²) in [6.45, 7) is 4.40. The van der Waals surface area contributed by atoms with E-state index in [0.717, 1.165) is 13.0 Å². The summed E-state index contributed by atoms with van der Waals surface area (Å²) in [7, 11) is 0. The van der Waals surface area contributed by atoms with Crippen LogP contribution in [0.15, 0.2) is 0 Å². The Kier molecular flexibility index (Phi) is 5.37. The predicted octanol–water partition coefficient (Wildman–Crippen LogP) is -0.369. The molecule has 0 aromatic carbocycles. The molecule has 0 spiro atoms. The molecule has 1 aliphatic rings. The van der Waals surface area contributed by atoms with Gasteiger partial charge in [0.1, 0.15) is 0 Å². The van der Waals surface area contributed by atoms with Gasteiger partial charge in [0.2, 0.25) is 5.91 Å². The van der Waals surface area contributed by atoms with Gasteiger partial charge >= 0.3 is 6.03 Å². The Labute approximate surface area is 102 Å². The van der Waals surface area contributed by atoms with Crippen LogP contribution in [0, 0.1) is 5.92 Å². The zero-order valence-electron chi connectivity index (χ0n) is 10.3. The third-order valence-corrected chi connectivity index (χ3v) is 3.36. The van der Waals surface area contributed by atoms with Gasteiger partial charge in [-0.05, 0) is 25.3 Å². The zero-order chi connectivity index (χ0) is 12.8. The number of nitrogens with one attached hydrogen (secondary N) is 1. The number of imide groups is 1. The molecule has 0 saturated carbocycles. The Morgan fingerprint density at radius 3 is 2.76 bits per heavy atom. The number of nitrogens with zero attached hydrogens (tertiary/aromatic N) is 1. The van der Waals surface area contributed by atoms with Gasteiger partial charge in [-0.3, -0.25) is 15.0 Å². The molecule has 1 heterocycles. The maximum Gasteiger partial charge on any atom is 0.318 e. The van der Waals surface area contributed by atoms with Gasteiger partial charge < -0.3 is 11.5 Å². The minimum atomic E-state index is -0.794. The number of urea groups is 1. The van der Waals surface area contributed by atoms with Gasteiger partial charge in [-0.2, -0.15) is 0 Å². The molecule has 17 heavy (non-hydrogen) atoms. The van der Waals surface area contributed by atoms with Crippen molar-refractivity contribution in [3.63, 3.8) is 0 Å². The lowest BCUT2D eigenvalue weighted by atomic mass is 9.90. The third-order valence-electron chi connectivity index (χ3n) is 3.36. The van der Waals surface area contributed by atoms with Crippen LogP contribution in [-0.4, -0.2) is 42.5 Å². The molecule has 0 aliphatic carbocycles. The van der Waals surface area contributed by atoms with E-state index in [1.54, 1.807) is 0 Å². The van der Waals surface area contributed by atoms with E-state index in [9.17, 15) is 9.59 Å². The molecule has 5 N–H and O–H groups in total. The average molecular weight is 242 g/mol. The van der Waals surface area contributed by atoms with Crippen molar-refractivity contribution in [1.29, 1.82) is 0 Å². The van der Waals surface area contributed by atoms with Crippen molar-refractivity contribution >= 4 is 11.9 Å². The first-order chi connectivity index (χ1) is 8.04. The SMILES string of the molecule is CC1CCCN(CCC(=O)NC(N)=O)C1CN. The van der Waals surface area contributed by atoms with Crippen LogP contribution in [0.2, 0.25) is 0 Å². The number of carbonyl (C=O) groups is 2. The van der Waals surface area contributed by atoms with Gasteiger partial charge in [-0.1, -0.05) is 6.92 Å². The second-order valence-electron chi connectivity index (χ2n) is 4.62. The Morgan fingerprint density at radius 1 is 1.47 bits per heavy atom. The molecule has 0 bridgehead atoms. The van der Waals surface area contributed by atoms with Crippen LogP contribution >= 0.6 is 0 Å². The lowest BCUT2D eigenvalue weighted by molar-refractivity contribution is -0.120. The molecule has 6 nitrogen and oxygen atoms in total. The highest BCUT2D eigenvalue weighted by atomic mass is 16.2. The molecule has 1 saturated heterocycles. The largest absolute Gasteiger partial charge is 0.351 e. The van der Waals surface area contributed by atoms with Crippen LogP contribution in [-0.2, 0) is 4.79 Å². The highest BCUT2D eigenvalue weighted by Gasteiger charge is 2.27. The summed E-state index contributed by atoms with van der Waals surface area (Å²) in [6, 6.07) is -0.456. The number of nitrogens with two attached hydrogens (primary N) is 2. The van der Waals surface area contributed by atoms with Crippen LogP contribution in [0.5, 0.6) is 0 Å². The monoisotopic (exact) mass is 242 g/mol. The van der Waals surface area contributed by atoms with Gasteiger partial charge in [0, 0.05) is 25.6 Å². The van der Waals surface area contributed by atoms with E-state index < -0.39 is 6.03 Å². The first kappa shape index (κ1) is 13.9. The first-order valence-electron chi connectivity index (χ1n) is 6.08. The summed E-state index contributed by atoms with van der Waals surface area (Å²) < 4.78 is 0. The molecular weight excluding hydrogens is 220 g/mol. The van der Waals surface area contributed by atoms with Crippen molar-refractivity contribution in [2.24, 2.45) is 17.4 Å². The molecule has 2 unspecified atom stereocenters. The minimum absolute atomic E-state index is 0.284. The number of hydrogen-bond donors (Lipinski definition) is 3. The molecule has 2 atom stereocenters. The maximum absolute atomic E-state index is 11.3. The Hall–Kier alpha value is -1.14. The van der Waals surface area contributed by atoms with E-state index in [1.807, 2.05) is 0 Å². The molecule has 98 valence electrons.